The molecule has 8 heteroatoms. The molecule has 1 heterocycles. The number of hydrogen-bond donors (Lipinski definition) is 2. The highest BCUT2D eigenvalue weighted by Crippen LogP contribution is 2.23. The minimum atomic E-state index is -3.77. The molecule has 0 bridgehead atoms. The summed E-state index contributed by atoms with van der Waals surface area (Å²) in [5.74, 6) is -0.271. The van der Waals surface area contributed by atoms with Gasteiger partial charge in [-0.15, -0.1) is 0 Å². The number of carbonyl (C=O) groups is 1. The summed E-state index contributed by atoms with van der Waals surface area (Å²) in [5.41, 5.74) is 0.561. The fourth-order valence-electron chi connectivity index (χ4n) is 2.00. The second-order valence-corrected chi connectivity index (χ2v) is 6.93. The Morgan fingerprint density at radius 2 is 2.05 bits per heavy atom. The van der Waals surface area contributed by atoms with E-state index in [1.807, 2.05) is 0 Å². The van der Waals surface area contributed by atoms with Gasteiger partial charge in [0, 0.05) is 19.3 Å². The number of aryl methyl sites for hydroxylation is 1. The first-order chi connectivity index (χ1) is 10.5. The van der Waals surface area contributed by atoms with Gasteiger partial charge >= 0.3 is 0 Å². The standard InChI is InChI=1S/C14H16N4O3S/c1-18-9-11(8-15-18)22(20,21)17-13-5-3-2-4-12(13)14(19)16-10-6-7-10/h2-5,8-10,17H,6-7H2,1H3,(H,16,19). The van der Waals surface area contributed by atoms with Crippen LogP contribution in [0.15, 0.2) is 41.6 Å². The van der Waals surface area contributed by atoms with Crippen molar-refractivity contribution < 1.29 is 13.2 Å². The molecule has 2 N–H and O–H groups in total. The van der Waals surface area contributed by atoms with Gasteiger partial charge < -0.3 is 5.32 Å². The molecule has 0 atom stereocenters. The van der Waals surface area contributed by atoms with Gasteiger partial charge in [-0.25, -0.2) is 8.42 Å². The molecule has 0 unspecified atom stereocenters. The van der Waals surface area contributed by atoms with Crippen molar-refractivity contribution in [3.8, 4) is 0 Å². The number of amides is 1. The van der Waals surface area contributed by atoms with Crippen LogP contribution in [0.2, 0.25) is 0 Å². The quantitative estimate of drug-likeness (QED) is 0.863. The van der Waals surface area contributed by atoms with E-state index in [9.17, 15) is 13.2 Å². The molecule has 1 aliphatic carbocycles. The summed E-state index contributed by atoms with van der Waals surface area (Å²) < 4.78 is 28.5. The molecule has 1 aromatic carbocycles. The lowest BCUT2D eigenvalue weighted by molar-refractivity contribution is 0.0952. The van der Waals surface area contributed by atoms with Gasteiger partial charge in [-0.2, -0.15) is 5.10 Å². The van der Waals surface area contributed by atoms with Crippen LogP contribution in [0, 0.1) is 0 Å². The van der Waals surface area contributed by atoms with E-state index in [1.54, 1.807) is 31.3 Å². The highest BCUT2D eigenvalue weighted by Gasteiger charge is 2.26. The van der Waals surface area contributed by atoms with Crippen LogP contribution >= 0.6 is 0 Å². The van der Waals surface area contributed by atoms with Gasteiger partial charge in [-0.05, 0) is 25.0 Å². The van der Waals surface area contributed by atoms with Crippen molar-refractivity contribution in [2.75, 3.05) is 4.72 Å². The lowest BCUT2D eigenvalue weighted by Gasteiger charge is -2.11. The maximum atomic E-state index is 12.3. The van der Waals surface area contributed by atoms with Crippen LogP contribution in [0.5, 0.6) is 0 Å². The van der Waals surface area contributed by atoms with Gasteiger partial charge in [0.25, 0.3) is 15.9 Å². The predicted molar refractivity (Wildman–Crippen MR) is 80.9 cm³/mol. The Balaban J connectivity index is 1.87. The zero-order valence-corrected chi connectivity index (χ0v) is 12.8. The number of benzene rings is 1. The first-order valence-corrected chi connectivity index (χ1v) is 8.35. The monoisotopic (exact) mass is 320 g/mol. The molecule has 7 nitrogen and oxygen atoms in total. The van der Waals surface area contributed by atoms with Crippen LogP contribution in [-0.4, -0.2) is 30.1 Å². The summed E-state index contributed by atoms with van der Waals surface area (Å²) in [4.78, 5) is 12.2. The van der Waals surface area contributed by atoms with Crippen molar-refractivity contribution in [1.82, 2.24) is 15.1 Å². The fraction of sp³-hybridized carbons (Fsp3) is 0.286. The molecule has 0 spiro atoms. The van der Waals surface area contributed by atoms with Crippen molar-refractivity contribution in [2.24, 2.45) is 7.05 Å². The van der Waals surface area contributed by atoms with E-state index in [0.717, 1.165) is 12.8 Å². The van der Waals surface area contributed by atoms with Crippen molar-refractivity contribution in [3.05, 3.63) is 42.2 Å². The Morgan fingerprint density at radius 1 is 1.32 bits per heavy atom. The van der Waals surface area contributed by atoms with E-state index in [-0.39, 0.29) is 22.5 Å². The van der Waals surface area contributed by atoms with Crippen molar-refractivity contribution in [3.63, 3.8) is 0 Å². The summed E-state index contributed by atoms with van der Waals surface area (Å²) in [6.45, 7) is 0. The number of sulfonamides is 1. The summed E-state index contributed by atoms with van der Waals surface area (Å²) in [6, 6.07) is 6.74. The molecule has 0 saturated heterocycles. The average molecular weight is 320 g/mol. The minimum absolute atomic E-state index is 0.0485. The lowest BCUT2D eigenvalue weighted by Crippen LogP contribution is -2.27. The SMILES string of the molecule is Cn1cc(S(=O)(=O)Nc2ccccc2C(=O)NC2CC2)cn1. The summed E-state index contributed by atoms with van der Waals surface area (Å²) in [5, 5.41) is 6.70. The Kier molecular flexibility index (Phi) is 3.61. The highest BCUT2D eigenvalue weighted by molar-refractivity contribution is 7.92. The lowest BCUT2D eigenvalue weighted by atomic mass is 10.1. The second kappa shape index (κ2) is 5.45. The van der Waals surface area contributed by atoms with E-state index < -0.39 is 10.0 Å². The zero-order valence-electron chi connectivity index (χ0n) is 12.0. The second-order valence-electron chi connectivity index (χ2n) is 5.25. The van der Waals surface area contributed by atoms with Crippen molar-refractivity contribution >= 4 is 21.6 Å². The Labute approximate surface area is 128 Å². The summed E-state index contributed by atoms with van der Waals surface area (Å²) in [6.07, 6.45) is 4.59. The van der Waals surface area contributed by atoms with Crippen LogP contribution in [0.1, 0.15) is 23.2 Å². The molecule has 1 aliphatic rings. The van der Waals surface area contributed by atoms with E-state index in [4.69, 9.17) is 0 Å². The fourth-order valence-corrected chi connectivity index (χ4v) is 3.06. The summed E-state index contributed by atoms with van der Waals surface area (Å²) in [7, 11) is -2.14. The van der Waals surface area contributed by atoms with E-state index in [1.165, 1.54) is 17.1 Å². The molecule has 0 aliphatic heterocycles. The molecule has 1 fully saturated rings. The van der Waals surface area contributed by atoms with Crippen LogP contribution in [0.25, 0.3) is 0 Å². The van der Waals surface area contributed by atoms with Gasteiger partial charge in [-0.3, -0.25) is 14.2 Å². The topological polar surface area (TPSA) is 93.1 Å². The molecule has 1 amide bonds. The molecular weight excluding hydrogens is 304 g/mol. The molecule has 1 aromatic heterocycles. The van der Waals surface area contributed by atoms with E-state index in [2.05, 4.69) is 15.1 Å². The zero-order chi connectivity index (χ0) is 15.7. The third-order valence-corrected chi connectivity index (χ3v) is 4.64. The number of hydrogen-bond acceptors (Lipinski definition) is 4. The van der Waals surface area contributed by atoms with Gasteiger partial charge in [0.05, 0.1) is 17.4 Å². The largest absolute Gasteiger partial charge is 0.349 e. The van der Waals surface area contributed by atoms with Crippen LogP contribution in [0.3, 0.4) is 0 Å². The molecule has 116 valence electrons. The predicted octanol–water partition coefficient (Wildman–Crippen LogP) is 1.11. The third-order valence-electron chi connectivity index (χ3n) is 3.32. The Hall–Kier alpha value is -2.35. The van der Waals surface area contributed by atoms with Gasteiger partial charge in [0.15, 0.2) is 0 Å². The molecule has 1 saturated carbocycles. The maximum absolute atomic E-state index is 12.3. The molecule has 2 aromatic rings. The van der Waals surface area contributed by atoms with Crippen LogP contribution in [0.4, 0.5) is 5.69 Å². The van der Waals surface area contributed by atoms with E-state index in [0.29, 0.717) is 5.56 Å². The maximum Gasteiger partial charge on any atom is 0.265 e. The minimum Gasteiger partial charge on any atom is -0.349 e. The van der Waals surface area contributed by atoms with Crippen molar-refractivity contribution in [1.29, 1.82) is 0 Å². The number of anilines is 1. The van der Waals surface area contributed by atoms with Crippen LogP contribution < -0.4 is 10.0 Å². The smallest absolute Gasteiger partial charge is 0.265 e. The number of para-hydroxylation sites is 1. The van der Waals surface area contributed by atoms with Gasteiger partial charge in [0.1, 0.15) is 4.90 Å². The average Bonchev–Trinajstić information content (AvgIpc) is 3.16. The molecule has 0 radical (unpaired) electrons. The van der Waals surface area contributed by atoms with Gasteiger partial charge in [0.2, 0.25) is 0 Å². The number of rotatable bonds is 5. The molecule has 22 heavy (non-hydrogen) atoms. The van der Waals surface area contributed by atoms with E-state index >= 15 is 0 Å². The number of nitrogens with one attached hydrogen (secondary N) is 2. The first kappa shape index (κ1) is 14.6. The van der Waals surface area contributed by atoms with Crippen LogP contribution in [-0.2, 0) is 17.1 Å². The first-order valence-electron chi connectivity index (χ1n) is 6.87. The molecular formula is C14H16N4O3S. The molecule has 3 rings (SSSR count). The summed E-state index contributed by atoms with van der Waals surface area (Å²) >= 11 is 0. The van der Waals surface area contributed by atoms with Gasteiger partial charge in [-0.1, -0.05) is 12.1 Å². The number of nitrogens with zero attached hydrogens (tertiary/aromatic N) is 2. The Bertz CT molecular complexity index is 809. The third kappa shape index (κ3) is 3.11. The number of carbonyl (C=O) groups excluding carboxylic acids is 1. The normalized spacial score (nSPS) is 14.6. The van der Waals surface area contributed by atoms with Crippen molar-refractivity contribution in [2.45, 2.75) is 23.8 Å². The number of aromatic nitrogens is 2. The highest BCUT2D eigenvalue weighted by atomic mass is 32.2. The Morgan fingerprint density at radius 3 is 2.68 bits per heavy atom.